The first kappa shape index (κ1) is 22.8. The summed E-state index contributed by atoms with van der Waals surface area (Å²) in [5, 5.41) is 2.85. The van der Waals surface area contributed by atoms with Crippen molar-refractivity contribution >= 4 is 11.9 Å². The number of rotatable bonds is 10. The Morgan fingerprint density at radius 1 is 1.26 bits per heavy atom. The predicted octanol–water partition coefficient (Wildman–Crippen LogP) is -2.23. The van der Waals surface area contributed by atoms with Gasteiger partial charge in [0.1, 0.15) is 24.4 Å². The van der Waals surface area contributed by atoms with Crippen LogP contribution in [0.2, 0.25) is 0 Å². The maximum Gasteiger partial charge on any atom is 0.228 e. The van der Waals surface area contributed by atoms with Crippen molar-refractivity contribution < 1.29 is 31.1 Å². The Morgan fingerprint density at radius 3 is 2.67 bits per heavy atom. The molecule has 0 fully saturated rings. The summed E-state index contributed by atoms with van der Waals surface area (Å²) in [6.07, 6.45) is 7.41. The topological polar surface area (TPSA) is 84.1 Å². The Balaban J connectivity index is 0.00000364. The zero-order valence-corrected chi connectivity index (χ0v) is 17.6. The lowest BCUT2D eigenvalue weighted by Gasteiger charge is -2.10. The summed E-state index contributed by atoms with van der Waals surface area (Å²) in [4.78, 5) is 26.2. The van der Waals surface area contributed by atoms with Crippen molar-refractivity contribution in [2.24, 2.45) is 0 Å². The minimum absolute atomic E-state index is 0. The highest BCUT2D eigenvalue weighted by Gasteiger charge is 2.06. The molecule has 0 saturated carbocycles. The third-order valence-electron chi connectivity index (χ3n) is 3.62. The van der Waals surface area contributed by atoms with E-state index in [1.54, 1.807) is 0 Å². The number of halogens is 1. The number of nitrogens with zero attached hydrogens (tertiary/aromatic N) is 5. The molecule has 0 aliphatic heterocycles. The molecule has 1 amide bonds. The van der Waals surface area contributed by atoms with Gasteiger partial charge in [0, 0.05) is 45.6 Å². The third kappa shape index (κ3) is 8.29. The number of anilines is 1. The summed E-state index contributed by atoms with van der Waals surface area (Å²) >= 11 is 0. The second-order valence-corrected chi connectivity index (χ2v) is 6.07. The molecule has 0 atom stereocenters. The standard InChI is InChI=1S/C18H26N6O2.BrH/c1-4-10-24-11-6-15(7-12-24)26-13-8-17(25)19-9-5-16-20-14-21-18(22-16)23(2)3;/h6-7,11-12,14H,4-5,8-10,13H2,1-3H3;1H. The highest BCUT2D eigenvalue weighted by atomic mass is 79.9. The van der Waals surface area contributed by atoms with Gasteiger partial charge in [-0.2, -0.15) is 4.98 Å². The monoisotopic (exact) mass is 438 g/mol. The number of nitrogens with one attached hydrogen (secondary N) is 1. The molecule has 0 spiro atoms. The number of aryl methyl sites for hydroxylation is 1. The van der Waals surface area contributed by atoms with Crippen LogP contribution in [-0.4, -0.2) is 48.1 Å². The van der Waals surface area contributed by atoms with Crippen LogP contribution in [0.4, 0.5) is 5.95 Å². The molecule has 148 valence electrons. The normalized spacial score (nSPS) is 10.0. The highest BCUT2D eigenvalue weighted by molar-refractivity contribution is 5.75. The van der Waals surface area contributed by atoms with E-state index in [2.05, 4.69) is 31.8 Å². The first-order chi connectivity index (χ1) is 12.6. The molecule has 0 radical (unpaired) electrons. The molecule has 2 heterocycles. The van der Waals surface area contributed by atoms with Crippen LogP contribution in [0.3, 0.4) is 0 Å². The molecule has 27 heavy (non-hydrogen) atoms. The van der Waals surface area contributed by atoms with Gasteiger partial charge >= 0.3 is 0 Å². The summed E-state index contributed by atoms with van der Waals surface area (Å²) in [6.45, 7) is 3.95. The summed E-state index contributed by atoms with van der Waals surface area (Å²) < 4.78 is 7.70. The fourth-order valence-electron chi connectivity index (χ4n) is 2.27. The van der Waals surface area contributed by atoms with E-state index in [0.717, 1.165) is 18.7 Å². The van der Waals surface area contributed by atoms with E-state index in [1.165, 1.54) is 6.33 Å². The summed E-state index contributed by atoms with van der Waals surface area (Å²) in [6, 6.07) is 3.83. The van der Waals surface area contributed by atoms with Gasteiger partial charge < -0.3 is 31.9 Å². The molecule has 8 nitrogen and oxygen atoms in total. The number of amides is 1. The highest BCUT2D eigenvalue weighted by Crippen LogP contribution is 2.06. The lowest BCUT2D eigenvalue weighted by Crippen LogP contribution is -3.00. The van der Waals surface area contributed by atoms with Crippen LogP contribution in [0.15, 0.2) is 30.9 Å². The lowest BCUT2D eigenvalue weighted by atomic mass is 10.3. The van der Waals surface area contributed by atoms with Crippen molar-refractivity contribution in [3.63, 3.8) is 0 Å². The predicted molar refractivity (Wildman–Crippen MR) is 97.9 cm³/mol. The van der Waals surface area contributed by atoms with E-state index >= 15 is 0 Å². The van der Waals surface area contributed by atoms with Crippen LogP contribution in [0.5, 0.6) is 5.75 Å². The lowest BCUT2D eigenvalue weighted by molar-refractivity contribution is -0.697. The molecule has 0 aliphatic rings. The zero-order valence-electron chi connectivity index (χ0n) is 16.1. The smallest absolute Gasteiger partial charge is 0.228 e. The minimum atomic E-state index is -0.0520. The van der Waals surface area contributed by atoms with Crippen molar-refractivity contribution in [1.82, 2.24) is 20.3 Å². The SMILES string of the molecule is CCC[n+]1ccc(OCCC(=O)NCCc2ncnc(N(C)C)n2)cc1.[Br-]. The number of hydrogen-bond donors (Lipinski definition) is 1. The Labute approximate surface area is 170 Å². The number of ether oxygens (including phenoxy) is 1. The Bertz CT molecular complexity index is 697. The number of hydrogen-bond acceptors (Lipinski definition) is 6. The van der Waals surface area contributed by atoms with Gasteiger partial charge in [-0.3, -0.25) is 4.79 Å². The molecular formula is C18H27BrN6O2. The van der Waals surface area contributed by atoms with Crippen molar-refractivity contribution in [2.75, 3.05) is 32.1 Å². The maximum absolute atomic E-state index is 11.9. The molecule has 0 aromatic carbocycles. The van der Waals surface area contributed by atoms with Crippen LogP contribution >= 0.6 is 0 Å². The quantitative estimate of drug-likeness (QED) is 0.422. The van der Waals surface area contributed by atoms with E-state index in [9.17, 15) is 4.79 Å². The average Bonchev–Trinajstić information content (AvgIpc) is 2.64. The molecule has 0 bridgehead atoms. The van der Waals surface area contributed by atoms with Gasteiger partial charge in [0.05, 0.1) is 13.0 Å². The van der Waals surface area contributed by atoms with E-state index in [0.29, 0.717) is 37.8 Å². The third-order valence-corrected chi connectivity index (χ3v) is 3.62. The second-order valence-electron chi connectivity index (χ2n) is 6.07. The maximum atomic E-state index is 11.9. The van der Waals surface area contributed by atoms with Crippen LogP contribution in [0.25, 0.3) is 0 Å². The van der Waals surface area contributed by atoms with E-state index in [-0.39, 0.29) is 22.9 Å². The van der Waals surface area contributed by atoms with Crippen LogP contribution in [0, 0.1) is 0 Å². The first-order valence-electron chi connectivity index (χ1n) is 8.82. The Kier molecular flexibility index (Phi) is 10.2. The molecule has 1 N–H and O–H groups in total. The number of carbonyl (C=O) groups is 1. The van der Waals surface area contributed by atoms with Gasteiger partial charge in [-0.25, -0.2) is 14.5 Å². The van der Waals surface area contributed by atoms with Crippen LogP contribution in [-0.2, 0) is 17.8 Å². The molecule has 9 heteroatoms. The van der Waals surface area contributed by atoms with E-state index < -0.39 is 0 Å². The van der Waals surface area contributed by atoms with Gasteiger partial charge in [0.2, 0.25) is 11.9 Å². The van der Waals surface area contributed by atoms with Crippen molar-refractivity contribution in [2.45, 2.75) is 32.7 Å². The Morgan fingerprint density at radius 2 is 2.00 bits per heavy atom. The fourth-order valence-corrected chi connectivity index (χ4v) is 2.27. The minimum Gasteiger partial charge on any atom is -1.00 e. The van der Waals surface area contributed by atoms with Crippen LogP contribution in [0.1, 0.15) is 25.6 Å². The number of aromatic nitrogens is 4. The molecule has 2 aromatic heterocycles. The summed E-state index contributed by atoms with van der Waals surface area (Å²) in [7, 11) is 3.74. The number of carbonyl (C=O) groups excluding carboxylic acids is 1. The average molecular weight is 439 g/mol. The number of pyridine rings is 1. The van der Waals surface area contributed by atoms with Gasteiger partial charge in [-0.1, -0.05) is 6.92 Å². The van der Waals surface area contributed by atoms with Gasteiger partial charge in [0.15, 0.2) is 12.4 Å². The largest absolute Gasteiger partial charge is 1.00 e. The molecule has 2 aromatic rings. The molecule has 0 aliphatic carbocycles. The van der Waals surface area contributed by atoms with Crippen LogP contribution < -0.4 is 36.5 Å². The van der Waals surface area contributed by atoms with E-state index in [4.69, 9.17) is 4.74 Å². The Hall–Kier alpha value is -2.29. The second kappa shape index (κ2) is 12.2. The molecule has 0 unspecified atom stereocenters. The van der Waals surface area contributed by atoms with Gasteiger partial charge in [-0.15, -0.1) is 0 Å². The van der Waals surface area contributed by atoms with Crippen molar-refractivity contribution in [3.05, 3.63) is 36.7 Å². The molecule has 0 saturated heterocycles. The zero-order chi connectivity index (χ0) is 18.8. The fraction of sp³-hybridized carbons (Fsp3) is 0.500. The van der Waals surface area contributed by atoms with Crippen molar-refractivity contribution in [3.8, 4) is 5.75 Å². The first-order valence-corrected chi connectivity index (χ1v) is 8.82. The molecular weight excluding hydrogens is 412 g/mol. The van der Waals surface area contributed by atoms with Crippen molar-refractivity contribution in [1.29, 1.82) is 0 Å². The van der Waals surface area contributed by atoms with E-state index in [1.807, 2.05) is 43.5 Å². The molecule has 2 rings (SSSR count). The van der Waals surface area contributed by atoms with Gasteiger partial charge in [0.25, 0.3) is 0 Å². The summed E-state index contributed by atoms with van der Waals surface area (Å²) in [5.74, 6) is 1.98. The van der Waals surface area contributed by atoms with Gasteiger partial charge in [-0.05, 0) is 0 Å². The summed E-state index contributed by atoms with van der Waals surface area (Å²) in [5.41, 5.74) is 0.